The Morgan fingerprint density at radius 1 is 0.824 bits per heavy atom. The van der Waals surface area contributed by atoms with Gasteiger partial charge in [0.1, 0.15) is 0 Å². The number of anilines is 3. The van der Waals surface area contributed by atoms with E-state index in [4.69, 9.17) is 0 Å². The number of para-hydroxylation sites is 3. The van der Waals surface area contributed by atoms with Crippen molar-refractivity contribution in [3.8, 4) is 0 Å². The van der Waals surface area contributed by atoms with Crippen LogP contribution in [0.15, 0.2) is 54.6 Å². The van der Waals surface area contributed by atoms with Crippen molar-refractivity contribution in [1.82, 2.24) is 0 Å². The van der Waals surface area contributed by atoms with E-state index >= 15 is 0 Å². The average molecular weight is 338 g/mol. The van der Waals surface area contributed by atoms with E-state index in [1.165, 1.54) is 17.1 Å². The van der Waals surface area contributed by atoms with Gasteiger partial charge in [0.2, 0.25) is 0 Å². The number of fused-ring (bicyclic) bond motifs is 1. The lowest BCUT2D eigenvalue weighted by Crippen LogP contribution is -2.23. The summed E-state index contributed by atoms with van der Waals surface area (Å²) in [5.74, 6) is 0. The first kappa shape index (κ1) is 12.2. The summed E-state index contributed by atoms with van der Waals surface area (Å²) in [5, 5.41) is 0. The third-order valence-corrected chi connectivity index (χ3v) is 3.01. The normalized spacial score (nSPS) is 13.2. The van der Waals surface area contributed by atoms with E-state index in [0.717, 1.165) is 6.67 Å². The summed E-state index contributed by atoms with van der Waals surface area (Å²) in [6.07, 6.45) is 0. The molecule has 2 nitrogen and oxygen atoms in total. The van der Waals surface area contributed by atoms with Crippen LogP contribution in [0.2, 0.25) is 0 Å². The smallest absolute Gasteiger partial charge is 0.0950 e. The fourth-order valence-electron chi connectivity index (χ4n) is 2.21. The third-order valence-electron chi connectivity index (χ3n) is 3.01. The molecule has 0 radical (unpaired) electrons. The van der Waals surface area contributed by atoms with Crippen molar-refractivity contribution in [3.05, 3.63) is 54.6 Å². The third kappa shape index (κ3) is 2.11. The fourth-order valence-corrected chi connectivity index (χ4v) is 2.21. The first-order chi connectivity index (χ1) is 7.86. The lowest BCUT2D eigenvalue weighted by molar-refractivity contribution is 0.950. The van der Waals surface area contributed by atoms with Gasteiger partial charge in [-0.15, -0.1) is 24.0 Å². The van der Waals surface area contributed by atoms with Crippen LogP contribution in [0.3, 0.4) is 0 Å². The monoisotopic (exact) mass is 338 g/mol. The maximum absolute atomic E-state index is 2.33. The molecule has 0 aliphatic carbocycles. The molecular formula is C14H15IN2. The molecule has 1 aliphatic heterocycles. The van der Waals surface area contributed by atoms with Gasteiger partial charge in [0.25, 0.3) is 0 Å². The lowest BCUT2D eigenvalue weighted by atomic mass is 10.2. The Labute approximate surface area is 119 Å². The van der Waals surface area contributed by atoms with Crippen LogP contribution in [-0.4, -0.2) is 13.7 Å². The van der Waals surface area contributed by atoms with Gasteiger partial charge in [-0.25, -0.2) is 0 Å². The highest BCUT2D eigenvalue weighted by molar-refractivity contribution is 14.0. The van der Waals surface area contributed by atoms with Crippen LogP contribution in [0.25, 0.3) is 0 Å². The largest absolute Gasteiger partial charge is 0.355 e. The first-order valence-electron chi connectivity index (χ1n) is 5.49. The minimum atomic E-state index is 0. The molecule has 0 aromatic heterocycles. The van der Waals surface area contributed by atoms with Gasteiger partial charge >= 0.3 is 0 Å². The molecule has 3 rings (SSSR count). The maximum Gasteiger partial charge on any atom is 0.0950 e. The molecule has 0 fully saturated rings. The molecule has 0 saturated carbocycles. The van der Waals surface area contributed by atoms with Gasteiger partial charge in [-0.05, 0) is 24.3 Å². The zero-order valence-corrected chi connectivity index (χ0v) is 12.0. The van der Waals surface area contributed by atoms with Crippen LogP contribution < -0.4 is 9.80 Å². The molecule has 1 heterocycles. The Morgan fingerprint density at radius 2 is 1.41 bits per heavy atom. The molecular weight excluding hydrogens is 323 g/mol. The predicted molar refractivity (Wildman–Crippen MR) is 83.7 cm³/mol. The topological polar surface area (TPSA) is 6.48 Å². The quantitative estimate of drug-likeness (QED) is 0.729. The summed E-state index contributed by atoms with van der Waals surface area (Å²) in [7, 11) is 2.13. The summed E-state index contributed by atoms with van der Waals surface area (Å²) in [6.45, 7) is 0.920. The SMILES string of the molecule is CN1CN(c2ccccc2)c2ccccc21.I. The molecule has 0 atom stereocenters. The molecule has 3 heteroatoms. The fraction of sp³-hybridized carbons (Fsp3) is 0.143. The standard InChI is InChI=1S/C14H14N2.HI/c1-15-11-16(12-7-3-2-4-8-12)14-10-6-5-9-13(14)15;/h2-10H,11H2,1H3;1H. The first-order valence-corrected chi connectivity index (χ1v) is 5.49. The summed E-state index contributed by atoms with van der Waals surface area (Å²) in [4.78, 5) is 4.59. The summed E-state index contributed by atoms with van der Waals surface area (Å²) in [5.41, 5.74) is 3.84. The van der Waals surface area contributed by atoms with E-state index < -0.39 is 0 Å². The summed E-state index contributed by atoms with van der Waals surface area (Å²) in [6, 6.07) is 19.0. The molecule has 0 bridgehead atoms. The molecule has 0 saturated heterocycles. The summed E-state index contributed by atoms with van der Waals surface area (Å²) < 4.78 is 0. The Hall–Kier alpha value is -1.23. The lowest BCUT2D eigenvalue weighted by Gasteiger charge is -2.19. The highest BCUT2D eigenvalue weighted by Crippen LogP contribution is 2.38. The number of nitrogens with zero attached hydrogens (tertiary/aromatic N) is 2. The van der Waals surface area contributed by atoms with Gasteiger partial charge in [-0.1, -0.05) is 30.3 Å². The van der Waals surface area contributed by atoms with E-state index in [-0.39, 0.29) is 24.0 Å². The molecule has 17 heavy (non-hydrogen) atoms. The molecule has 2 aromatic carbocycles. The van der Waals surface area contributed by atoms with E-state index in [0.29, 0.717) is 0 Å². The Morgan fingerprint density at radius 3 is 2.12 bits per heavy atom. The molecule has 1 aliphatic rings. The van der Waals surface area contributed by atoms with Gasteiger partial charge in [-0.2, -0.15) is 0 Å². The number of hydrogen-bond acceptors (Lipinski definition) is 2. The molecule has 0 N–H and O–H groups in total. The second-order valence-electron chi connectivity index (χ2n) is 4.09. The molecule has 88 valence electrons. The molecule has 0 spiro atoms. The number of hydrogen-bond donors (Lipinski definition) is 0. The van der Waals surface area contributed by atoms with Crippen LogP contribution in [-0.2, 0) is 0 Å². The number of benzene rings is 2. The highest BCUT2D eigenvalue weighted by atomic mass is 127. The van der Waals surface area contributed by atoms with Gasteiger partial charge < -0.3 is 9.80 Å². The van der Waals surface area contributed by atoms with E-state index in [1.54, 1.807) is 0 Å². The molecule has 0 unspecified atom stereocenters. The predicted octanol–water partition coefficient (Wildman–Crippen LogP) is 3.85. The van der Waals surface area contributed by atoms with E-state index in [1.807, 2.05) is 0 Å². The van der Waals surface area contributed by atoms with E-state index in [2.05, 4.69) is 71.4 Å². The van der Waals surface area contributed by atoms with Crippen LogP contribution >= 0.6 is 24.0 Å². The van der Waals surface area contributed by atoms with Crippen molar-refractivity contribution in [1.29, 1.82) is 0 Å². The van der Waals surface area contributed by atoms with Crippen LogP contribution in [0.4, 0.5) is 17.1 Å². The van der Waals surface area contributed by atoms with Crippen molar-refractivity contribution in [2.24, 2.45) is 0 Å². The van der Waals surface area contributed by atoms with Gasteiger partial charge in [-0.3, -0.25) is 0 Å². The Balaban J connectivity index is 0.00000108. The van der Waals surface area contributed by atoms with Gasteiger partial charge in [0.05, 0.1) is 18.0 Å². The van der Waals surface area contributed by atoms with Crippen molar-refractivity contribution in [3.63, 3.8) is 0 Å². The number of rotatable bonds is 1. The second-order valence-corrected chi connectivity index (χ2v) is 4.09. The zero-order valence-electron chi connectivity index (χ0n) is 9.71. The van der Waals surface area contributed by atoms with Crippen molar-refractivity contribution in [2.75, 3.05) is 23.5 Å². The van der Waals surface area contributed by atoms with E-state index in [9.17, 15) is 0 Å². The summed E-state index contributed by atoms with van der Waals surface area (Å²) >= 11 is 0. The average Bonchev–Trinajstić information content (AvgIpc) is 2.69. The minimum absolute atomic E-state index is 0. The molecule has 2 aromatic rings. The minimum Gasteiger partial charge on any atom is -0.355 e. The van der Waals surface area contributed by atoms with Crippen molar-refractivity contribution < 1.29 is 0 Å². The second kappa shape index (κ2) is 4.96. The Bertz CT molecular complexity index is 499. The number of halogens is 1. The van der Waals surface area contributed by atoms with Gasteiger partial charge in [0.15, 0.2) is 0 Å². The van der Waals surface area contributed by atoms with Crippen LogP contribution in [0.5, 0.6) is 0 Å². The highest BCUT2D eigenvalue weighted by Gasteiger charge is 2.23. The van der Waals surface area contributed by atoms with Crippen molar-refractivity contribution in [2.45, 2.75) is 0 Å². The van der Waals surface area contributed by atoms with Gasteiger partial charge in [0, 0.05) is 12.7 Å². The maximum atomic E-state index is 2.33. The zero-order chi connectivity index (χ0) is 11.0. The Kier molecular flexibility index (Phi) is 3.57. The van der Waals surface area contributed by atoms with Crippen molar-refractivity contribution >= 4 is 41.0 Å². The van der Waals surface area contributed by atoms with Crippen LogP contribution in [0.1, 0.15) is 0 Å². The molecule has 0 amide bonds. The van der Waals surface area contributed by atoms with Crippen LogP contribution in [0, 0.1) is 0 Å².